The van der Waals surface area contributed by atoms with Crippen molar-refractivity contribution in [3.63, 3.8) is 0 Å². The molecule has 4 rings (SSSR count). The van der Waals surface area contributed by atoms with Gasteiger partial charge in [0.2, 0.25) is 0 Å². The molecule has 2 heterocycles. The van der Waals surface area contributed by atoms with Gasteiger partial charge in [0, 0.05) is 29.9 Å². The number of benzene rings is 2. The summed E-state index contributed by atoms with van der Waals surface area (Å²) in [5.74, 6) is 1.17. The molecule has 0 bridgehead atoms. The molecule has 148 valence electrons. The predicted octanol–water partition coefficient (Wildman–Crippen LogP) is 5.99. The van der Waals surface area contributed by atoms with Gasteiger partial charge in [-0.15, -0.1) is 0 Å². The SMILES string of the molecule is O=C(/C=C/c1ccc(-c2ccc(Cl)c(Cl)c2)o1)c1ccc(N2CCOCC2)cc1. The Balaban J connectivity index is 1.43. The summed E-state index contributed by atoms with van der Waals surface area (Å²) in [5, 5.41) is 0.959. The van der Waals surface area contributed by atoms with E-state index in [9.17, 15) is 4.79 Å². The van der Waals surface area contributed by atoms with Gasteiger partial charge in [-0.3, -0.25) is 4.79 Å². The van der Waals surface area contributed by atoms with Crippen LogP contribution in [0.25, 0.3) is 17.4 Å². The number of allylic oxidation sites excluding steroid dienone is 1. The van der Waals surface area contributed by atoms with Gasteiger partial charge in [-0.05, 0) is 66.7 Å². The van der Waals surface area contributed by atoms with Crippen molar-refractivity contribution in [2.75, 3.05) is 31.2 Å². The van der Waals surface area contributed by atoms with Crippen molar-refractivity contribution < 1.29 is 13.9 Å². The minimum atomic E-state index is -0.0778. The van der Waals surface area contributed by atoms with Crippen molar-refractivity contribution >= 4 is 40.7 Å². The summed E-state index contributed by atoms with van der Waals surface area (Å²) in [7, 11) is 0. The molecule has 0 radical (unpaired) electrons. The van der Waals surface area contributed by atoms with E-state index in [1.807, 2.05) is 42.5 Å². The third-order valence-electron chi connectivity index (χ3n) is 4.76. The highest BCUT2D eigenvalue weighted by Gasteiger charge is 2.12. The van der Waals surface area contributed by atoms with Crippen LogP contribution in [-0.4, -0.2) is 32.1 Å². The number of ketones is 1. The Bertz CT molecular complexity index is 1030. The third-order valence-corrected chi connectivity index (χ3v) is 5.50. The number of morpholine rings is 1. The zero-order chi connectivity index (χ0) is 20.2. The summed E-state index contributed by atoms with van der Waals surface area (Å²) in [6.45, 7) is 3.20. The van der Waals surface area contributed by atoms with Gasteiger partial charge in [0.25, 0.3) is 0 Å². The highest BCUT2D eigenvalue weighted by molar-refractivity contribution is 6.42. The van der Waals surface area contributed by atoms with Gasteiger partial charge in [0.05, 0.1) is 23.3 Å². The summed E-state index contributed by atoms with van der Waals surface area (Å²) in [6, 6.07) is 16.6. The Labute approximate surface area is 179 Å². The topological polar surface area (TPSA) is 42.7 Å². The maximum Gasteiger partial charge on any atom is 0.185 e. The Kier molecular flexibility index (Phi) is 6.05. The van der Waals surface area contributed by atoms with Crippen LogP contribution in [0, 0.1) is 0 Å². The van der Waals surface area contributed by atoms with Crippen LogP contribution < -0.4 is 4.90 Å². The van der Waals surface area contributed by atoms with E-state index in [1.165, 1.54) is 6.08 Å². The number of ether oxygens (including phenoxy) is 1. The molecule has 1 aliphatic heterocycles. The molecule has 29 heavy (non-hydrogen) atoms. The number of nitrogens with zero attached hydrogens (tertiary/aromatic N) is 1. The van der Waals surface area contributed by atoms with Gasteiger partial charge in [0.1, 0.15) is 11.5 Å². The Morgan fingerprint density at radius 2 is 1.69 bits per heavy atom. The molecule has 2 aromatic carbocycles. The number of rotatable bonds is 5. The van der Waals surface area contributed by atoms with E-state index in [-0.39, 0.29) is 5.78 Å². The highest BCUT2D eigenvalue weighted by atomic mass is 35.5. The number of furan rings is 1. The van der Waals surface area contributed by atoms with E-state index in [2.05, 4.69) is 4.90 Å². The maximum atomic E-state index is 12.5. The molecule has 1 aromatic heterocycles. The zero-order valence-electron chi connectivity index (χ0n) is 15.6. The molecule has 1 saturated heterocycles. The van der Waals surface area contributed by atoms with E-state index >= 15 is 0 Å². The van der Waals surface area contributed by atoms with Crippen LogP contribution in [0.4, 0.5) is 5.69 Å². The zero-order valence-corrected chi connectivity index (χ0v) is 17.1. The standard InChI is InChI=1S/C23H19Cl2NO3/c24-20-8-3-17(15-21(20)25)23-10-7-19(29-23)6-9-22(27)16-1-4-18(5-2-16)26-11-13-28-14-12-26/h1-10,15H,11-14H2/b9-6+. The largest absolute Gasteiger partial charge is 0.457 e. The number of hydrogen-bond donors (Lipinski definition) is 0. The normalized spacial score (nSPS) is 14.5. The van der Waals surface area contributed by atoms with Crippen molar-refractivity contribution in [3.8, 4) is 11.3 Å². The van der Waals surface area contributed by atoms with Gasteiger partial charge < -0.3 is 14.1 Å². The molecule has 1 aliphatic rings. The van der Waals surface area contributed by atoms with Gasteiger partial charge in [0.15, 0.2) is 5.78 Å². The first kappa shape index (κ1) is 19.8. The summed E-state index contributed by atoms with van der Waals surface area (Å²) in [6.07, 6.45) is 3.18. The van der Waals surface area contributed by atoms with Crippen LogP contribution in [0.15, 0.2) is 65.1 Å². The molecule has 0 aliphatic carbocycles. The lowest BCUT2D eigenvalue weighted by molar-refractivity contribution is 0.104. The fraction of sp³-hybridized carbons (Fsp3) is 0.174. The molecule has 0 saturated carbocycles. The van der Waals surface area contributed by atoms with Crippen LogP contribution in [0.1, 0.15) is 16.1 Å². The van der Waals surface area contributed by atoms with E-state index in [4.69, 9.17) is 32.4 Å². The summed E-state index contributed by atoms with van der Waals surface area (Å²) in [4.78, 5) is 14.7. The second-order valence-corrected chi connectivity index (χ2v) is 7.49. The number of halogens is 2. The number of carbonyl (C=O) groups is 1. The Morgan fingerprint density at radius 3 is 2.41 bits per heavy atom. The summed E-state index contributed by atoms with van der Waals surface area (Å²) in [5.41, 5.74) is 2.56. The van der Waals surface area contributed by atoms with Crippen molar-refractivity contribution in [2.45, 2.75) is 0 Å². The van der Waals surface area contributed by atoms with E-state index in [0.29, 0.717) is 27.1 Å². The van der Waals surface area contributed by atoms with Gasteiger partial charge in [-0.1, -0.05) is 23.2 Å². The molecular weight excluding hydrogens is 409 g/mol. The Hall–Kier alpha value is -2.53. The summed E-state index contributed by atoms with van der Waals surface area (Å²) < 4.78 is 11.2. The first-order valence-corrected chi connectivity index (χ1v) is 10.1. The predicted molar refractivity (Wildman–Crippen MR) is 117 cm³/mol. The van der Waals surface area contributed by atoms with Crippen LogP contribution in [0.3, 0.4) is 0 Å². The average molecular weight is 428 g/mol. The lowest BCUT2D eigenvalue weighted by Crippen LogP contribution is -2.36. The van der Waals surface area contributed by atoms with Crippen LogP contribution in [0.5, 0.6) is 0 Å². The smallest absolute Gasteiger partial charge is 0.185 e. The minimum Gasteiger partial charge on any atom is -0.457 e. The molecular formula is C23H19Cl2NO3. The first-order chi connectivity index (χ1) is 14.1. The van der Waals surface area contributed by atoms with Crippen molar-refractivity contribution in [1.82, 2.24) is 0 Å². The Morgan fingerprint density at radius 1 is 0.931 bits per heavy atom. The average Bonchev–Trinajstić information content (AvgIpc) is 3.24. The fourth-order valence-electron chi connectivity index (χ4n) is 3.16. The molecule has 0 atom stereocenters. The lowest BCUT2D eigenvalue weighted by atomic mass is 10.1. The number of anilines is 1. The molecule has 3 aromatic rings. The lowest BCUT2D eigenvalue weighted by Gasteiger charge is -2.28. The molecule has 0 amide bonds. The third kappa shape index (κ3) is 4.73. The summed E-state index contributed by atoms with van der Waals surface area (Å²) >= 11 is 12.0. The molecule has 1 fully saturated rings. The second-order valence-electron chi connectivity index (χ2n) is 6.67. The van der Waals surface area contributed by atoms with Gasteiger partial charge >= 0.3 is 0 Å². The molecule has 0 N–H and O–H groups in total. The maximum absolute atomic E-state index is 12.5. The molecule has 6 heteroatoms. The quantitative estimate of drug-likeness (QED) is 0.370. The minimum absolute atomic E-state index is 0.0778. The van der Waals surface area contributed by atoms with Gasteiger partial charge in [-0.2, -0.15) is 0 Å². The van der Waals surface area contributed by atoms with Crippen molar-refractivity contribution in [3.05, 3.63) is 82.0 Å². The van der Waals surface area contributed by atoms with Crippen molar-refractivity contribution in [1.29, 1.82) is 0 Å². The van der Waals surface area contributed by atoms with Crippen LogP contribution >= 0.6 is 23.2 Å². The number of hydrogen-bond acceptors (Lipinski definition) is 4. The van der Waals surface area contributed by atoms with Crippen molar-refractivity contribution in [2.24, 2.45) is 0 Å². The monoisotopic (exact) mass is 427 g/mol. The highest BCUT2D eigenvalue weighted by Crippen LogP contribution is 2.30. The van der Waals surface area contributed by atoms with E-state index in [1.54, 1.807) is 18.2 Å². The van der Waals surface area contributed by atoms with Crippen LogP contribution in [-0.2, 0) is 4.74 Å². The fourth-order valence-corrected chi connectivity index (χ4v) is 3.46. The van der Waals surface area contributed by atoms with E-state index < -0.39 is 0 Å². The van der Waals surface area contributed by atoms with E-state index in [0.717, 1.165) is 37.6 Å². The molecule has 0 spiro atoms. The molecule has 0 unspecified atom stereocenters. The second kappa shape index (κ2) is 8.87. The first-order valence-electron chi connectivity index (χ1n) is 9.30. The number of carbonyl (C=O) groups excluding carboxylic acids is 1. The molecule has 4 nitrogen and oxygen atoms in total. The van der Waals surface area contributed by atoms with Gasteiger partial charge in [-0.25, -0.2) is 0 Å². The van der Waals surface area contributed by atoms with Crippen LogP contribution in [0.2, 0.25) is 10.0 Å².